The first-order chi connectivity index (χ1) is 3.91. The van der Waals surface area contributed by atoms with Crippen LogP contribution < -0.4 is 5.32 Å². The summed E-state index contributed by atoms with van der Waals surface area (Å²) in [5.74, 6) is 0. The van der Waals surface area contributed by atoms with E-state index in [4.69, 9.17) is 0 Å². The number of alkyl halides is 1. The van der Waals surface area contributed by atoms with E-state index in [1.807, 2.05) is 0 Å². The second-order valence-electron chi connectivity index (χ2n) is 1.54. The Morgan fingerprint density at radius 2 is 2.38 bits per heavy atom. The van der Waals surface area contributed by atoms with Gasteiger partial charge in [0.05, 0.1) is 6.67 Å². The van der Waals surface area contributed by atoms with Gasteiger partial charge in [-0.1, -0.05) is 6.08 Å². The molecule has 48 valence electrons. The lowest BCUT2D eigenvalue weighted by atomic mass is 10.4. The van der Waals surface area contributed by atoms with E-state index in [1.54, 1.807) is 6.08 Å². The first kappa shape index (κ1) is 7.63. The molecule has 0 aromatic heterocycles. The number of rotatable bonds is 5. The molecule has 0 aromatic rings. The molecule has 8 heavy (non-hydrogen) atoms. The van der Waals surface area contributed by atoms with Gasteiger partial charge in [0, 0.05) is 6.54 Å². The number of nitrogens with one attached hydrogen (secondary N) is 1. The summed E-state index contributed by atoms with van der Waals surface area (Å²) < 4.78 is 11.4. The lowest BCUT2D eigenvalue weighted by Gasteiger charge is -1.94. The summed E-state index contributed by atoms with van der Waals surface area (Å²) in [6.45, 7) is 4.80. The molecule has 0 aromatic carbocycles. The molecule has 0 rings (SSSR count). The van der Waals surface area contributed by atoms with Crippen molar-refractivity contribution >= 4 is 0 Å². The van der Waals surface area contributed by atoms with Gasteiger partial charge in [0.15, 0.2) is 0 Å². The SMILES string of the molecule is C=CCNCCCF. The predicted molar refractivity (Wildman–Crippen MR) is 33.7 cm³/mol. The highest BCUT2D eigenvalue weighted by molar-refractivity contribution is 4.68. The lowest BCUT2D eigenvalue weighted by Crippen LogP contribution is -2.14. The van der Waals surface area contributed by atoms with Gasteiger partial charge in [0.2, 0.25) is 0 Å². The van der Waals surface area contributed by atoms with Gasteiger partial charge in [-0.25, -0.2) is 0 Å². The molecule has 0 aliphatic rings. The Balaban J connectivity index is 2.62. The molecule has 0 aliphatic heterocycles. The van der Waals surface area contributed by atoms with Crippen LogP contribution in [0.4, 0.5) is 4.39 Å². The van der Waals surface area contributed by atoms with E-state index in [0.29, 0.717) is 6.42 Å². The van der Waals surface area contributed by atoms with Crippen molar-refractivity contribution in [1.82, 2.24) is 5.32 Å². The summed E-state index contributed by atoms with van der Waals surface area (Å²) in [7, 11) is 0. The largest absolute Gasteiger partial charge is 0.313 e. The number of hydrogen-bond donors (Lipinski definition) is 1. The summed E-state index contributed by atoms with van der Waals surface area (Å²) in [6.07, 6.45) is 2.37. The molecular weight excluding hydrogens is 105 g/mol. The Bertz CT molecular complexity index is 54.5. The second kappa shape index (κ2) is 6.63. The summed E-state index contributed by atoms with van der Waals surface area (Å²) >= 11 is 0. The minimum absolute atomic E-state index is 0.232. The molecule has 1 nitrogen and oxygen atoms in total. The zero-order valence-electron chi connectivity index (χ0n) is 4.99. The van der Waals surface area contributed by atoms with Crippen LogP contribution in [0.5, 0.6) is 0 Å². The molecule has 0 atom stereocenters. The van der Waals surface area contributed by atoms with Crippen molar-refractivity contribution in [1.29, 1.82) is 0 Å². The normalized spacial score (nSPS) is 9.12. The third-order valence-electron chi connectivity index (χ3n) is 0.776. The maximum absolute atomic E-state index is 11.4. The van der Waals surface area contributed by atoms with Crippen LogP contribution in [0.3, 0.4) is 0 Å². The van der Waals surface area contributed by atoms with Gasteiger partial charge < -0.3 is 5.32 Å². The first-order valence-corrected chi connectivity index (χ1v) is 2.79. The summed E-state index contributed by atoms with van der Waals surface area (Å²) in [5.41, 5.74) is 0. The van der Waals surface area contributed by atoms with E-state index in [2.05, 4.69) is 11.9 Å². The van der Waals surface area contributed by atoms with Crippen molar-refractivity contribution in [2.45, 2.75) is 6.42 Å². The van der Waals surface area contributed by atoms with Gasteiger partial charge in [0.25, 0.3) is 0 Å². The van der Waals surface area contributed by atoms with Crippen LogP contribution in [0.15, 0.2) is 12.7 Å². The van der Waals surface area contributed by atoms with E-state index in [0.717, 1.165) is 13.1 Å². The van der Waals surface area contributed by atoms with Crippen molar-refractivity contribution < 1.29 is 4.39 Å². The molecule has 0 radical (unpaired) electrons. The molecule has 0 saturated heterocycles. The monoisotopic (exact) mass is 117 g/mol. The second-order valence-corrected chi connectivity index (χ2v) is 1.54. The molecule has 0 saturated carbocycles. The maximum Gasteiger partial charge on any atom is 0.0906 e. The molecule has 0 aliphatic carbocycles. The zero-order chi connectivity index (χ0) is 6.24. The zero-order valence-corrected chi connectivity index (χ0v) is 4.99. The minimum Gasteiger partial charge on any atom is -0.313 e. The van der Waals surface area contributed by atoms with Crippen LogP contribution in [-0.4, -0.2) is 19.8 Å². The Labute approximate surface area is 49.6 Å². The Morgan fingerprint density at radius 3 is 2.88 bits per heavy atom. The van der Waals surface area contributed by atoms with Gasteiger partial charge in [-0.15, -0.1) is 6.58 Å². The smallest absolute Gasteiger partial charge is 0.0906 e. The third-order valence-corrected chi connectivity index (χ3v) is 0.776. The first-order valence-electron chi connectivity index (χ1n) is 2.79. The van der Waals surface area contributed by atoms with Gasteiger partial charge in [0.1, 0.15) is 0 Å². The molecule has 0 spiro atoms. The van der Waals surface area contributed by atoms with E-state index in [9.17, 15) is 4.39 Å². The van der Waals surface area contributed by atoms with E-state index in [-0.39, 0.29) is 6.67 Å². The van der Waals surface area contributed by atoms with Crippen LogP contribution >= 0.6 is 0 Å². The standard InChI is InChI=1S/C6H12FN/c1-2-5-8-6-3-4-7/h2,8H,1,3-6H2. The minimum atomic E-state index is -0.232. The molecular formula is C6H12FN. The molecule has 0 heterocycles. The molecule has 0 fully saturated rings. The van der Waals surface area contributed by atoms with E-state index >= 15 is 0 Å². The maximum atomic E-state index is 11.4. The quantitative estimate of drug-likeness (QED) is 0.420. The molecule has 0 amide bonds. The molecule has 0 bridgehead atoms. The summed E-state index contributed by atoms with van der Waals surface area (Å²) in [5, 5.41) is 2.98. The van der Waals surface area contributed by atoms with Crippen molar-refractivity contribution in [3.05, 3.63) is 12.7 Å². The molecule has 0 unspecified atom stereocenters. The Kier molecular flexibility index (Phi) is 6.32. The van der Waals surface area contributed by atoms with Crippen LogP contribution in [0.25, 0.3) is 0 Å². The molecule has 2 heteroatoms. The van der Waals surface area contributed by atoms with Crippen LogP contribution in [0, 0.1) is 0 Å². The fraction of sp³-hybridized carbons (Fsp3) is 0.667. The van der Waals surface area contributed by atoms with Gasteiger partial charge >= 0.3 is 0 Å². The number of hydrogen-bond acceptors (Lipinski definition) is 1. The average Bonchev–Trinajstić information content (AvgIpc) is 1.81. The topological polar surface area (TPSA) is 12.0 Å². The van der Waals surface area contributed by atoms with Gasteiger partial charge in [-0.3, -0.25) is 4.39 Å². The fourth-order valence-electron chi connectivity index (χ4n) is 0.396. The van der Waals surface area contributed by atoms with Crippen molar-refractivity contribution in [3.8, 4) is 0 Å². The number of halogens is 1. The Morgan fingerprint density at radius 1 is 1.62 bits per heavy atom. The van der Waals surface area contributed by atoms with Crippen LogP contribution in [0.1, 0.15) is 6.42 Å². The summed E-state index contributed by atoms with van der Waals surface area (Å²) in [4.78, 5) is 0. The van der Waals surface area contributed by atoms with Crippen LogP contribution in [-0.2, 0) is 0 Å². The highest BCUT2D eigenvalue weighted by atomic mass is 19.1. The van der Waals surface area contributed by atoms with Crippen LogP contribution in [0.2, 0.25) is 0 Å². The van der Waals surface area contributed by atoms with Gasteiger partial charge in [-0.2, -0.15) is 0 Å². The van der Waals surface area contributed by atoms with Crippen molar-refractivity contribution in [2.75, 3.05) is 19.8 Å². The Hall–Kier alpha value is -0.370. The lowest BCUT2D eigenvalue weighted by molar-refractivity contribution is 0.464. The third kappa shape index (κ3) is 5.63. The van der Waals surface area contributed by atoms with Crippen molar-refractivity contribution in [2.24, 2.45) is 0 Å². The van der Waals surface area contributed by atoms with E-state index < -0.39 is 0 Å². The molecule has 1 N–H and O–H groups in total. The fourth-order valence-corrected chi connectivity index (χ4v) is 0.396. The average molecular weight is 117 g/mol. The summed E-state index contributed by atoms with van der Waals surface area (Å²) in [6, 6.07) is 0. The highest BCUT2D eigenvalue weighted by Crippen LogP contribution is 1.75. The van der Waals surface area contributed by atoms with Crippen molar-refractivity contribution in [3.63, 3.8) is 0 Å². The predicted octanol–water partition coefficient (Wildman–Crippen LogP) is 1.12. The van der Waals surface area contributed by atoms with E-state index in [1.165, 1.54) is 0 Å². The van der Waals surface area contributed by atoms with Gasteiger partial charge in [-0.05, 0) is 13.0 Å². The highest BCUT2D eigenvalue weighted by Gasteiger charge is 1.80.